The smallest absolute Gasteiger partial charge is 0.153 e. The fourth-order valence-corrected chi connectivity index (χ4v) is 5.57. The maximum Gasteiger partial charge on any atom is 0.153 e. The van der Waals surface area contributed by atoms with Crippen molar-refractivity contribution in [2.45, 2.75) is 31.1 Å². The molecule has 28 heavy (non-hydrogen) atoms. The number of H-pyrrole nitrogens is 2. The minimum absolute atomic E-state index is 0.538. The quantitative estimate of drug-likeness (QED) is 0.404. The normalized spacial score (nSPS) is 20.6. The molecule has 2 atom stereocenters. The highest BCUT2D eigenvalue weighted by Crippen LogP contribution is 2.57. The number of aromatic amines is 2. The van der Waals surface area contributed by atoms with E-state index in [9.17, 15) is 0 Å². The predicted octanol–water partition coefficient (Wildman–Crippen LogP) is 4.60. The number of pyridine rings is 1. The summed E-state index contributed by atoms with van der Waals surface area (Å²) < 4.78 is 0. The van der Waals surface area contributed by atoms with Crippen molar-refractivity contribution in [3.63, 3.8) is 0 Å². The number of aromatic nitrogens is 5. The third-order valence-electron chi connectivity index (χ3n) is 6.76. The van der Waals surface area contributed by atoms with Crippen molar-refractivity contribution in [1.82, 2.24) is 25.4 Å². The molecule has 1 saturated carbocycles. The Kier molecular flexibility index (Phi) is 2.56. The van der Waals surface area contributed by atoms with Crippen molar-refractivity contribution < 1.29 is 0 Å². The molecule has 7 rings (SSSR count). The minimum atomic E-state index is 0.538. The van der Waals surface area contributed by atoms with Gasteiger partial charge in [0.25, 0.3) is 0 Å². The van der Waals surface area contributed by atoms with Crippen molar-refractivity contribution >= 4 is 38.5 Å². The van der Waals surface area contributed by atoms with Gasteiger partial charge in [-0.05, 0) is 66.5 Å². The first-order valence-corrected chi connectivity index (χ1v) is 9.81. The molecule has 2 aliphatic carbocycles. The van der Waals surface area contributed by atoms with Gasteiger partial charge in [0.05, 0.1) is 28.4 Å². The second-order valence-electron chi connectivity index (χ2n) is 8.15. The summed E-state index contributed by atoms with van der Waals surface area (Å²) in [7, 11) is 0. The first kappa shape index (κ1) is 14.6. The van der Waals surface area contributed by atoms with E-state index in [2.05, 4.69) is 50.7 Å². The summed E-state index contributed by atoms with van der Waals surface area (Å²) in [5.74, 6) is 1.77. The second kappa shape index (κ2) is 4.90. The van der Waals surface area contributed by atoms with Gasteiger partial charge in [-0.25, -0.2) is 4.98 Å². The molecule has 3 heterocycles. The van der Waals surface area contributed by atoms with Crippen LogP contribution >= 0.6 is 0 Å². The molecule has 4 N–H and O–H groups in total. The fraction of sp³-hybridized carbons (Fsp3) is 0.227. The molecule has 6 heteroatoms. The molecular weight excluding hydrogens is 348 g/mol. The summed E-state index contributed by atoms with van der Waals surface area (Å²) in [6.45, 7) is 0. The lowest BCUT2D eigenvalue weighted by atomic mass is 9.85. The number of anilines is 1. The summed E-state index contributed by atoms with van der Waals surface area (Å²) in [6, 6.07) is 10.5. The molecule has 0 radical (unpaired) electrons. The van der Waals surface area contributed by atoms with E-state index in [0.717, 1.165) is 33.2 Å². The standard InChI is InChI=1S/C22H18N6/c23-22-13-8-12(3-4-15(13)27-28-22)21-19-11-2-1-10(7-11)18(19)20-14-9-24-26-16(14)5-6-17(20)25-21/h3-6,8-11H,1-2,7H2,(H,24,26)(H3,23,27,28). The van der Waals surface area contributed by atoms with E-state index in [0.29, 0.717) is 17.7 Å². The van der Waals surface area contributed by atoms with Crippen molar-refractivity contribution in [3.05, 3.63) is 47.7 Å². The predicted molar refractivity (Wildman–Crippen MR) is 110 cm³/mol. The van der Waals surface area contributed by atoms with Crippen molar-refractivity contribution in [2.24, 2.45) is 0 Å². The van der Waals surface area contributed by atoms with Crippen molar-refractivity contribution in [1.29, 1.82) is 0 Å². The van der Waals surface area contributed by atoms with E-state index in [1.54, 1.807) is 0 Å². The number of nitrogens with one attached hydrogen (secondary N) is 2. The summed E-state index contributed by atoms with van der Waals surface area (Å²) in [5.41, 5.74) is 14.3. The number of nitrogens with two attached hydrogens (primary N) is 1. The average molecular weight is 366 g/mol. The Morgan fingerprint density at radius 1 is 0.929 bits per heavy atom. The number of hydrogen-bond acceptors (Lipinski definition) is 4. The Morgan fingerprint density at radius 3 is 2.68 bits per heavy atom. The number of benzene rings is 2. The molecule has 0 amide bonds. The van der Waals surface area contributed by atoms with Crippen molar-refractivity contribution in [2.75, 3.05) is 5.73 Å². The number of hydrogen-bond donors (Lipinski definition) is 3. The van der Waals surface area contributed by atoms with Gasteiger partial charge in [-0.15, -0.1) is 0 Å². The molecule has 1 fully saturated rings. The highest BCUT2D eigenvalue weighted by molar-refractivity contribution is 6.08. The lowest BCUT2D eigenvalue weighted by molar-refractivity contribution is 0.721. The summed E-state index contributed by atoms with van der Waals surface area (Å²) in [5, 5.41) is 18.0. The van der Waals surface area contributed by atoms with Gasteiger partial charge in [-0.1, -0.05) is 6.07 Å². The van der Waals surface area contributed by atoms with Crippen LogP contribution in [0.2, 0.25) is 0 Å². The molecule has 6 nitrogen and oxygen atoms in total. The van der Waals surface area contributed by atoms with E-state index in [1.165, 1.54) is 41.2 Å². The molecule has 5 aromatic rings. The Labute approximate surface area is 160 Å². The highest BCUT2D eigenvalue weighted by Gasteiger charge is 2.41. The molecule has 136 valence electrons. The number of nitrogens with zero attached hydrogens (tertiary/aromatic N) is 3. The van der Waals surface area contributed by atoms with Gasteiger partial charge < -0.3 is 5.73 Å². The van der Waals surface area contributed by atoms with Gasteiger partial charge in [0.1, 0.15) is 0 Å². The molecule has 2 aliphatic rings. The van der Waals surface area contributed by atoms with Gasteiger partial charge in [0.2, 0.25) is 0 Å². The minimum Gasteiger partial charge on any atom is -0.382 e. The van der Waals surface area contributed by atoms with E-state index in [4.69, 9.17) is 10.7 Å². The Hall–Kier alpha value is -3.41. The summed E-state index contributed by atoms with van der Waals surface area (Å²) >= 11 is 0. The van der Waals surface area contributed by atoms with Crippen LogP contribution < -0.4 is 5.73 Å². The summed E-state index contributed by atoms with van der Waals surface area (Å²) in [6.07, 6.45) is 5.73. The molecule has 3 aromatic heterocycles. The van der Waals surface area contributed by atoms with Crippen LogP contribution in [0.25, 0.3) is 44.0 Å². The first-order valence-electron chi connectivity index (χ1n) is 9.81. The molecule has 2 bridgehead atoms. The molecule has 2 unspecified atom stereocenters. The van der Waals surface area contributed by atoms with Crippen LogP contribution in [0.4, 0.5) is 5.82 Å². The first-order chi connectivity index (χ1) is 13.8. The lowest BCUT2D eigenvalue weighted by Crippen LogP contribution is -2.04. The maximum atomic E-state index is 6.06. The largest absolute Gasteiger partial charge is 0.382 e. The average Bonchev–Trinajstić information content (AvgIpc) is 3.51. The van der Waals surface area contributed by atoms with Crippen LogP contribution in [0.15, 0.2) is 36.5 Å². The zero-order valence-corrected chi connectivity index (χ0v) is 15.2. The Balaban J connectivity index is 1.61. The van der Waals surface area contributed by atoms with Crippen LogP contribution in [0.5, 0.6) is 0 Å². The third-order valence-corrected chi connectivity index (χ3v) is 6.76. The second-order valence-corrected chi connectivity index (χ2v) is 8.15. The van der Waals surface area contributed by atoms with Crippen molar-refractivity contribution in [3.8, 4) is 11.3 Å². The van der Waals surface area contributed by atoms with Gasteiger partial charge in [-0.3, -0.25) is 10.2 Å². The molecule has 0 spiro atoms. The monoisotopic (exact) mass is 366 g/mol. The van der Waals surface area contributed by atoms with Gasteiger partial charge in [0.15, 0.2) is 5.82 Å². The van der Waals surface area contributed by atoms with Gasteiger partial charge in [-0.2, -0.15) is 10.2 Å². The van der Waals surface area contributed by atoms with Crippen LogP contribution in [0.1, 0.15) is 42.2 Å². The van der Waals surface area contributed by atoms with Crippen LogP contribution in [0.3, 0.4) is 0 Å². The van der Waals surface area contributed by atoms with E-state index >= 15 is 0 Å². The summed E-state index contributed by atoms with van der Waals surface area (Å²) in [4.78, 5) is 5.17. The van der Waals surface area contributed by atoms with E-state index < -0.39 is 0 Å². The van der Waals surface area contributed by atoms with E-state index in [1.807, 2.05) is 6.20 Å². The Morgan fingerprint density at radius 2 is 1.75 bits per heavy atom. The zero-order chi connectivity index (χ0) is 18.4. The molecular formula is C22H18N6. The fourth-order valence-electron chi connectivity index (χ4n) is 5.57. The molecule has 0 saturated heterocycles. The SMILES string of the molecule is Nc1n[nH]c2ccc(-c3nc4ccc5[nH]ncc5c4c4c3C3CCC4C3)cc12. The number of nitrogen functional groups attached to an aromatic ring is 1. The van der Waals surface area contributed by atoms with Gasteiger partial charge >= 0.3 is 0 Å². The van der Waals surface area contributed by atoms with Crippen LogP contribution in [0, 0.1) is 0 Å². The lowest BCUT2D eigenvalue weighted by Gasteiger charge is -2.21. The highest BCUT2D eigenvalue weighted by atomic mass is 15.1. The molecule has 0 aliphatic heterocycles. The maximum absolute atomic E-state index is 6.06. The third kappa shape index (κ3) is 1.70. The zero-order valence-electron chi connectivity index (χ0n) is 15.2. The number of rotatable bonds is 1. The van der Waals surface area contributed by atoms with E-state index in [-0.39, 0.29) is 0 Å². The van der Waals surface area contributed by atoms with Gasteiger partial charge in [0, 0.05) is 21.7 Å². The number of fused-ring (bicyclic) bond motifs is 10. The van der Waals surface area contributed by atoms with Crippen LogP contribution in [-0.4, -0.2) is 25.4 Å². The molecule has 2 aromatic carbocycles. The Bertz CT molecular complexity index is 1430. The topological polar surface area (TPSA) is 96.3 Å². The van der Waals surface area contributed by atoms with Crippen LogP contribution in [-0.2, 0) is 0 Å².